The van der Waals surface area contributed by atoms with Crippen LogP contribution in [0.1, 0.15) is 32.6 Å². The molecule has 15 heavy (non-hydrogen) atoms. The lowest BCUT2D eigenvalue weighted by Gasteiger charge is -2.36. The maximum Gasteiger partial charge on any atom is 0.324 e. The molecule has 0 saturated heterocycles. The normalized spacial score (nSPS) is 35.3. The monoisotopic (exact) mass is 226 g/mol. The molecule has 0 N–H and O–H groups in total. The van der Waals surface area contributed by atoms with Crippen molar-refractivity contribution in [1.82, 2.24) is 0 Å². The molecule has 3 heteroatoms. The molecular weight excluding hydrogens is 204 g/mol. The van der Waals surface area contributed by atoms with E-state index in [2.05, 4.69) is 19.1 Å². The van der Waals surface area contributed by atoms with E-state index < -0.39 is 9.28 Å². The Kier molecular flexibility index (Phi) is 3.33. The highest BCUT2D eigenvalue weighted by atomic mass is 28.3. The Morgan fingerprint density at radius 1 is 1.47 bits per heavy atom. The largest absolute Gasteiger partial charge is 0.400 e. The fourth-order valence-corrected chi connectivity index (χ4v) is 5.74. The highest BCUT2D eigenvalue weighted by molar-refractivity contribution is 6.46. The second kappa shape index (κ2) is 4.40. The third kappa shape index (κ3) is 1.81. The molecule has 0 aliphatic heterocycles. The van der Waals surface area contributed by atoms with E-state index in [-0.39, 0.29) is 0 Å². The van der Waals surface area contributed by atoms with Gasteiger partial charge < -0.3 is 8.85 Å². The first kappa shape index (κ1) is 11.4. The van der Waals surface area contributed by atoms with E-state index in [1.165, 1.54) is 25.7 Å². The molecule has 3 atom stereocenters. The van der Waals surface area contributed by atoms with Gasteiger partial charge in [-0.3, -0.25) is 0 Å². The average molecular weight is 226 g/mol. The van der Waals surface area contributed by atoms with Crippen LogP contribution in [0.4, 0.5) is 0 Å². The minimum absolute atomic E-state index is 0.433. The molecule has 1 saturated carbocycles. The third-order valence-corrected chi connectivity index (χ3v) is 7.02. The lowest BCUT2D eigenvalue weighted by molar-refractivity contribution is 0.224. The summed E-state index contributed by atoms with van der Waals surface area (Å²) >= 11 is 0. The lowest BCUT2D eigenvalue weighted by atomic mass is 9.82. The van der Waals surface area contributed by atoms with Gasteiger partial charge in [-0.15, -0.1) is 0 Å². The number of hydrogen-bond acceptors (Lipinski definition) is 2. The number of hydrogen-bond donors (Lipinski definition) is 0. The van der Waals surface area contributed by atoms with E-state index >= 15 is 0 Å². The summed E-state index contributed by atoms with van der Waals surface area (Å²) in [7, 11) is 2.15. The number of allylic oxidation sites excluding steroid dienone is 2. The molecule has 2 aliphatic carbocycles. The summed E-state index contributed by atoms with van der Waals surface area (Å²) in [6, 6.07) is 0. The van der Waals surface area contributed by atoms with Crippen LogP contribution in [-0.2, 0) is 8.85 Å². The van der Waals surface area contributed by atoms with Crippen molar-refractivity contribution in [3.63, 3.8) is 0 Å². The molecule has 0 amide bonds. The van der Waals surface area contributed by atoms with Gasteiger partial charge in [0.05, 0.1) is 0 Å². The van der Waals surface area contributed by atoms with Gasteiger partial charge in [-0.2, -0.15) is 0 Å². The Balaban J connectivity index is 2.15. The van der Waals surface area contributed by atoms with Crippen LogP contribution in [0.25, 0.3) is 0 Å². The molecule has 1 fully saturated rings. The second-order valence-corrected chi connectivity index (χ2v) is 7.43. The standard InChI is InChI=1S/C12H22O2Si/c1-4-11(15(13-2)14-3)12-7-5-10(9-12)6-8-12/h5,7,10-11,15H,4,6,8-9H2,1-3H3. The molecule has 86 valence electrons. The van der Waals surface area contributed by atoms with Crippen LogP contribution in [-0.4, -0.2) is 23.5 Å². The van der Waals surface area contributed by atoms with Crippen molar-refractivity contribution in [2.45, 2.75) is 38.1 Å². The fourth-order valence-electron chi connectivity index (χ4n) is 3.54. The Labute approximate surface area is 94.5 Å². The van der Waals surface area contributed by atoms with Crippen molar-refractivity contribution in [1.29, 1.82) is 0 Å². The zero-order valence-corrected chi connectivity index (χ0v) is 11.2. The van der Waals surface area contributed by atoms with Crippen LogP contribution in [0.5, 0.6) is 0 Å². The maximum atomic E-state index is 5.59. The molecule has 3 unspecified atom stereocenters. The second-order valence-electron chi connectivity index (χ2n) is 4.95. The van der Waals surface area contributed by atoms with Gasteiger partial charge in [0.25, 0.3) is 0 Å². The van der Waals surface area contributed by atoms with Crippen LogP contribution in [0, 0.1) is 11.3 Å². The highest BCUT2D eigenvalue weighted by Gasteiger charge is 2.49. The average Bonchev–Trinajstić information content (AvgIpc) is 2.86. The van der Waals surface area contributed by atoms with E-state index in [1.54, 1.807) is 0 Å². The highest BCUT2D eigenvalue weighted by Crippen LogP contribution is 2.57. The van der Waals surface area contributed by atoms with Crippen molar-refractivity contribution in [2.24, 2.45) is 11.3 Å². The molecule has 0 aromatic rings. The Morgan fingerprint density at radius 2 is 2.20 bits per heavy atom. The predicted molar refractivity (Wildman–Crippen MR) is 64.1 cm³/mol. The lowest BCUT2D eigenvalue weighted by Crippen LogP contribution is -2.36. The van der Waals surface area contributed by atoms with Crippen LogP contribution in [0.2, 0.25) is 5.54 Å². The maximum absolute atomic E-state index is 5.59. The van der Waals surface area contributed by atoms with E-state index in [4.69, 9.17) is 8.85 Å². The molecule has 0 aromatic carbocycles. The first-order chi connectivity index (χ1) is 7.25. The summed E-state index contributed by atoms with van der Waals surface area (Å²) < 4.78 is 11.2. The Morgan fingerprint density at radius 3 is 2.53 bits per heavy atom. The topological polar surface area (TPSA) is 18.5 Å². The predicted octanol–water partition coefficient (Wildman–Crippen LogP) is 2.64. The van der Waals surface area contributed by atoms with Crippen molar-refractivity contribution in [3.8, 4) is 0 Å². The zero-order chi connectivity index (χ0) is 10.9. The summed E-state index contributed by atoms with van der Waals surface area (Å²) in [4.78, 5) is 0. The van der Waals surface area contributed by atoms with E-state index in [0.717, 1.165) is 5.92 Å². The van der Waals surface area contributed by atoms with Gasteiger partial charge in [-0.25, -0.2) is 0 Å². The van der Waals surface area contributed by atoms with Crippen LogP contribution < -0.4 is 0 Å². The van der Waals surface area contributed by atoms with Crippen molar-refractivity contribution >= 4 is 9.28 Å². The third-order valence-electron chi connectivity index (χ3n) is 4.29. The first-order valence-corrected chi connectivity index (χ1v) is 7.61. The molecule has 2 nitrogen and oxygen atoms in total. The van der Waals surface area contributed by atoms with E-state index in [1.807, 2.05) is 14.2 Å². The molecule has 2 aliphatic rings. The van der Waals surface area contributed by atoms with Crippen LogP contribution in [0.3, 0.4) is 0 Å². The summed E-state index contributed by atoms with van der Waals surface area (Å²) in [5.74, 6) is 0.849. The Bertz CT molecular complexity index is 250. The van der Waals surface area contributed by atoms with Crippen molar-refractivity contribution < 1.29 is 8.85 Å². The molecule has 0 heterocycles. The summed E-state index contributed by atoms with van der Waals surface area (Å²) in [6.45, 7) is 2.27. The van der Waals surface area contributed by atoms with Gasteiger partial charge in [0.15, 0.2) is 0 Å². The van der Waals surface area contributed by atoms with Crippen molar-refractivity contribution in [2.75, 3.05) is 14.2 Å². The van der Waals surface area contributed by atoms with Gasteiger partial charge in [0.1, 0.15) is 0 Å². The zero-order valence-electron chi connectivity index (χ0n) is 10.0. The summed E-state index contributed by atoms with van der Waals surface area (Å²) in [5.41, 5.74) is 1.08. The van der Waals surface area contributed by atoms with E-state index in [0.29, 0.717) is 11.0 Å². The SMILES string of the molecule is CCC([SiH](OC)OC)C12C=CC(CC1)C2. The number of rotatable bonds is 5. The van der Waals surface area contributed by atoms with Crippen LogP contribution in [0.15, 0.2) is 12.2 Å². The van der Waals surface area contributed by atoms with Crippen LogP contribution >= 0.6 is 0 Å². The van der Waals surface area contributed by atoms with Gasteiger partial charge in [0.2, 0.25) is 0 Å². The van der Waals surface area contributed by atoms with Gasteiger partial charge in [-0.05, 0) is 30.6 Å². The quantitative estimate of drug-likeness (QED) is 0.530. The molecule has 0 spiro atoms. The summed E-state index contributed by atoms with van der Waals surface area (Å²) in [5, 5.41) is 0. The van der Waals surface area contributed by atoms with Gasteiger partial charge in [0, 0.05) is 19.8 Å². The Hall–Kier alpha value is -0.123. The van der Waals surface area contributed by atoms with Crippen molar-refractivity contribution in [3.05, 3.63) is 12.2 Å². The van der Waals surface area contributed by atoms with Gasteiger partial charge >= 0.3 is 9.28 Å². The van der Waals surface area contributed by atoms with E-state index in [9.17, 15) is 0 Å². The smallest absolute Gasteiger partial charge is 0.324 e. The molecular formula is C12H22O2Si. The fraction of sp³-hybridized carbons (Fsp3) is 0.833. The molecule has 2 bridgehead atoms. The summed E-state index contributed by atoms with van der Waals surface area (Å²) in [6.07, 6.45) is 10.2. The number of fused-ring (bicyclic) bond motifs is 2. The van der Waals surface area contributed by atoms with Gasteiger partial charge in [-0.1, -0.05) is 25.5 Å². The minimum Gasteiger partial charge on any atom is -0.400 e. The first-order valence-electron chi connectivity index (χ1n) is 6.00. The molecule has 0 radical (unpaired) electrons. The molecule has 2 rings (SSSR count). The molecule has 0 aromatic heterocycles. The minimum atomic E-state index is -1.47.